The Morgan fingerprint density at radius 3 is 2.74 bits per heavy atom. The van der Waals surface area contributed by atoms with Gasteiger partial charge >= 0.3 is 0 Å². The summed E-state index contributed by atoms with van der Waals surface area (Å²) in [5, 5.41) is 19.8. The van der Waals surface area contributed by atoms with Gasteiger partial charge in [0.2, 0.25) is 5.82 Å². The molecule has 172 valence electrons. The number of carbonyl (C=O) groups is 2. The number of H-pyrrole nitrogens is 1. The molecule has 1 aliphatic rings. The molecule has 2 heterocycles. The molecular weight excluding hydrogens is 446 g/mol. The van der Waals surface area contributed by atoms with E-state index in [1.54, 1.807) is 18.2 Å². The third-order valence-electron chi connectivity index (χ3n) is 5.75. The van der Waals surface area contributed by atoms with Crippen molar-refractivity contribution >= 4 is 17.5 Å². The number of carbonyl (C=O) groups excluding carboxylic acids is 2. The zero-order chi connectivity index (χ0) is 24.2. The molecular formula is C24H19N9O2. The van der Waals surface area contributed by atoms with Crippen LogP contribution in [0, 0.1) is 6.57 Å². The third kappa shape index (κ3) is 4.72. The van der Waals surface area contributed by atoms with E-state index in [-0.39, 0.29) is 29.9 Å². The number of fused-ring (bicyclic) bond motifs is 1. The molecule has 0 saturated carbocycles. The highest BCUT2D eigenvalue weighted by Crippen LogP contribution is 2.33. The van der Waals surface area contributed by atoms with E-state index >= 15 is 0 Å². The number of aromatic amines is 1. The SMILES string of the molecule is [C-]#[N+]c1cccc(CNC(=O)c2cc(C(=O)N[C@H]3CCc4cc(-c5nn[nH]n5)ccc43)ncn2)c1. The molecule has 35 heavy (non-hydrogen) atoms. The number of aromatic nitrogens is 6. The molecule has 1 atom stereocenters. The fourth-order valence-electron chi connectivity index (χ4n) is 4.04. The van der Waals surface area contributed by atoms with E-state index in [0.29, 0.717) is 11.5 Å². The van der Waals surface area contributed by atoms with Crippen molar-refractivity contribution in [3.05, 3.63) is 94.4 Å². The van der Waals surface area contributed by atoms with Gasteiger partial charge in [-0.25, -0.2) is 14.8 Å². The van der Waals surface area contributed by atoms with Gasteiger partial charge in [0.15, 0.2) is 5.69 Å². The molecule has 1 aliphatic carbocycles. The van der Waals surface area contributed by atoms with Crippen LogP contribution in [-0.4, -0.2) is 42.4 Å². The lowest BCUT2D eigenvalue weighted by molar-refractivity contribution is 0.0931. The molecule has 0 bridgehead atoms. The number of nitrogens with one attached hydrogen (secondary N) is 3. The maximum absolute atomic E-state index is 12.9. The van der Waals surface area contributed by atoms with Crippen LogP contribution in [0.25, 0.3) is 16.2 Å². The first-order chi connectivity index (χ1) is 17.1. The average molecular weight is 465 g/mol. The molecule has 5 rings (SSSR count). The molecule has 3 N–H and O–H groups in total. The van der Waals surface area contributed by atoms with Crippen molar-refractivity contribution < 1.29 is 9.59 Å². The summed E-state index contributed by atoms with van der Waals surface area (Å²) in [6.45, 7) is 7.32. The second-order valence-electron chi connectivity index (χ2n) is 7.97. The number of rotatable bonds is 6. The number of tetrazole rings is 1. The van der Waals surface area contributed by atoms with Crippen molar-refractivity contribution in [2.45, 2.75) is 25.4 Å². The van der Waals surface area contributed by atoms with Gasteiger partial charge in [0.05, 0.1) is 12.6 Å². The van der Waals surface area contributed by atoms with Gasteiger partial charge in [0, 0.05) is 18.2 Å². The third-order valence-corrected chi connectivity index (χ3v) is 5.75. The molecule has 2 amide bonds. The van der Waals surface area contributed by atoms with Gasteiger partial charge in [-0.1, -0.05) is 36.4 Å². The van der Waals surface area contributed by atoms with Crippen LogP contribution < -0.4 is 10.6 Å². The normalized spacial score (nSPS) is 14.1. The zero-order valence-corrected chi connectivity index (χ0v) is 18.4. The number of aryl methyl sites for hydroxylation is 1. The highest BCUT2D eigenvalue weighted by Gasteiger charge is 2.26. The lowest BCUT2D eigenvalue weighted by atomic mass is 10.0. The second-order valence-corrected chi connectivity index (χ2v) is 7.97. The Morgan fingerprint density at radius 1 is 1.09 bits per heavy atom. The summed E-state index contributed by atoms with van der Waals surface area (Å²) in [6, 6.07) is 14.0. The molecule has 2 aromatic heterocycles. The molecule has 11 heteroatoms. The maximum atomic E-state index is 12.9. The van der Waals surface area contributed by atoms with Crippen LogP contribution in [0.1, 0.15) is 50.1 Å². The zero-order valence-electron chi connectivity index (χ0n) is 18.4. The Morgan fingerprint density at radius 2 is 1.94 bits per heavy atom. The summed E-state index contributed by atoms with van der Waals surface area (Å²) in [5.74, 6) is -0.299. The quantitative estimate of drug-likeness (QED) is 0.371. The fourth-order valence-corrected chi connectivity index (χ4v) is 4.04. The average Bonchev–Trinajstić information content (AvgIpc) is 3.58. The van der Waals surface area contributed by atoms with Crippen LogP contribution in [-0.2, 0) is 13.0 Å². The van der Waals surface area contributed by atoms with Crippen molar-refractivity contribution in [3.8, 4) is 11.4 Å². The molecule has 2 aromatic carbocycles. The van der Waals surface area contributed by atoms with Crippen molar-refractivity contribution in [1.29, 1.82) is 0 Å². The lowest BCUT2D eigenvalue weighted by Crippen LogP contribution is -2.29. The largest absolute Gasteiger partial charge is 0.347 e. The van der Waals surface area contributed by atoms with Crippen LogP contribution in [0.5, 0.6) is 0 Å². The van der Waals surface area contributed by atoms with Crippen molar-refractivity contribution in [1.82, 2.24) is 41.2 Å². The van der Waals surface area contributed by atoms with Crippen LogP contribution in [0.15, 0.2) is 54.9 Å². The van der Waals surface area contributed by atoms with E-state index in [2.05, 4.69) is 46.1 Å². The topological polar surface area (TPSA) is 143 Å². The van der Waals surface area contributed by atoms with E-state index in [1.807, 2.05) is 24.3 Å². The standard InChI is InChI=1S/C24H19N9O2/c1-25-17-4-2-3-14(9-17)12-26-23(34)20-11-21(28-13-27-20)24(35)29-19-8-6-15-10-16(5-7-18(15)19)22-30-32-33-31-22/h2-5,7,9-11,13,19H,6,8,12H2,(H,26,34)(H,29,35)(H,30,31,32,33)/t19-/m0/s1. The number of hydrogen-bond donors (Lipinski definition) is 3. The first kappa shape index (κ1) is 21.8. The van der Waals surface area contributed by atoms with E-state index in [0.717, 1.165) is 35.1 Å². The smallest absolute Gasteiger partial charge is 0.270 e. The minimum atomic E-state index is -0.435. The van der Waals surface area contributed by atoms with Gasteiger partial charge in [-0.3, -0.25) is 9.59 Å². The van der Waals surface area contributed by atoms with E-state index < -0.39 is 5.91 Å². The van der Waals surface area contributed by atoms with Crippen molar-refractivity contribution in [2.75, 3.05) is 0 Å². The van der Waals surface area contributed by atoms with Crippen LogP contribution in [0.2, 0.25) is 0 Å². The van der Waals surface area contributed by atoms with E-state index in [4.69, 9.17) is 6.57 Å². The van der Waals surface area contributed by atoms with E-state index in [9.17, 15) is 9.59 Å². The summed E-state index contributed by atoms with van der Waals surface area (Å²) in [4.78, 5) is 36.9. The molecule has 0 fully saturated rings. The fraction of sp³-hybridized carbons (Fsp3) is 0.167. The minimum absolute atomic E-state index is 0.0862. The van der Waals surface area contributed by atoms with Crippen LogP contribution in [0.4, 0.5) is 5.69 Å². The molecule has 0 aliphatic heterocycles. The monoisotopic (exact) mass is 465 g/mol. The highest BCUT2D eigenvalue weighted by molar-refractivity contribution is 5.97. The Hall–Kier alpha value is -4.98. The van der Waals surface area contributed by atoms with Gasteiger partial charge < -0.3 is 10.6 Å². The summed E-state index contributed by atoms with van der Waals surface area (Å²) in [6.07, 6.45) is 2.75. The lowest BCUT2D eigenvalue weighted by Gasteiger charge is -2.14. The number of nitrogens with zero attached hydrogens (tertiary/aromatic N) is 6. The van der Waals surface area contributed by atoms with Gasteiger partial charge in [-0.05, 0) is 40.8 Å². The maximum Gasteiger partial charge on any atom is 0.270 e. The van der Waals surface area contributed by atoms with Gasteiger partial charge in [-0.2, -0.15) is 5.21 Å². The number of hydrogen-bond acceptors (Lipinski definition) is 7. The van der Waals surface area contributed by atoms with E-state index in [1.165, 1.54) is 12.4 Å². The molecule has 11 nitrogen and oxygen atoms in total. The molecule has 0 unspecified atom stereocenters. The first-order valence-electron chi connectivity index (χ1n) is 10.8. The number of amides is 2. The predicted octanol–water partition coefficient (Wildman–Crippen LogP) is 2.55. The van der Waals surface area contributed by atoms with Crippen LogP contribution in [0.3, 0.4) is 0 Å². The molecule has 0 spiro atoms. The van der Waals surface area contributed by atoms with Gasteiger partial charge in [0.1, 0.15) is 17.7 Å². The Balaban J connectivity index is 1.24. The van der Waals surface area contributed by atoms with Crippen molar-refractivity contribution in [3.63, 3.8) is 0 Å². The van der Waals surface area contributed by atoms with Gasteiger partial charge in [0.25, 0.3) is 11.8 Å². The molecule has 4 aromatic rings. The summed E-state index contributed by atoms with van der Waals surface area (Å²) >= 11 is 0. The number of benzene rings is 2. The molecule has 0 radical (unpaired) electrons. The van der Waals surface area contributed by atoms with Gasteiger partial charge in [-0.15, -0.1) is 10.2 Å². The Bertz CT molecular complexity index is 1440. The van der Waals surface area contributed by atoms with Crippen molar-refractivity contribution in [2.24, 2.45) is 0 Å². The van der Waals surface area contributed by atoms with Crippen LogP contribution >= 0.6 is 0 Å². The summed E-state index contributed by atoms with van der Waals surface area (Å²) < 4.78 is 0. The first-order valence-corrected chi connectivity index (χ1v) is 10.8. The summed E-state index contributed by atoms with van der Waals surface area (Å²) in [5.41, 5.74) is 4.48. The minimum Gasteiger partial charge on any atom is -0.347 e. The Labute approximate surface area is 199 Å². The second kappa shape index (κ2) is 9.48. The Kier molecular flexibility index (Phi) is 5.92. The highest BCUT2D eigenvalue weighted by atomic mass is 16.2. The molecule has 0 saturated heterocycles. The summed E-state index contributed by atoms with van der Waals surface area (Å²) in [7, 11) is 0. The predicted molar refractivity (Wildman–Crippen MR) is 124 cm³/mol.